The number of benzene rings is 1. The lowest BCUT2D eigenvalue weighted by molar-refractivity contribution is -0.0662. The summed E-state index contributed by atoms with van der Waals surface area (Å²) in [5, 5.41) is 0. The number of halogens is 1. The predicted octanol–water partition coefficient (Wildman–Crippen LogP) is 2.86. The normalized spacial score (nSPS) is 24.3. The summed E-state index contributed by atoms with van der Waals surface area (Å²) in [7, 11) is 0. The van der Waals surface area contributed by atoms with Crippen molar-refractivity contribution in [1.29, 1.82) is 0 Å². The molecule has 1 spiro atoms. The third-order valence-corrected chi connectivity index (χ3v) is 4.49. The zero-order valence-electron chi connectivity index (χ0n) is 8.58. The van der Waals surface area contributed by atoms with Gasteiger partial charge in [-0.25, -0.2) is 3.11 Å². The lowest BCUT2D eigenvalue weighted by Crippen LogP contribution is -2.38. The molecule has 3 rings (SSSR count). The molecule has 0 bridgehead atoms. The Hall–Kier alpha value is -0.130. The Morgan fingerprint density at radius 2 is 1.93 bits per heavy atom. The number of fused-ring (bicyclic) bond motifs is 2. The first kappa shape index (κ1) is 10.1. The number of hydrogen-bond donors (Lipinski definition) is 0. The molecule has 2 aliphatic rings. The molecule has 2 aliphatic heterocycles. The van der Waals surface area contributed by atoms with Crippen LogP contribution in [-0.4, -0.2) is 16.2 Å². The number of nitrogens with zero attached hydrogens (tertiary/aromatic N) is 1. The van der Waals surface area contributed by atoms with Gasteiger partial charge in [0.25, 0.3) is 0 Å². The number of piperidine rings is 1. The first-order valence-corrected chi connectivity index (χ1v) is 6.40. The second-order valence-corrected chi connectivity index (χ2v) is 5.71. The fourth-order valence-electron chi connectivity index (χ4n) is 2.64. The minimum Gasteiger partial charge on any atom is -0.365 e. The lowest BCUT2D eigenvalue weighted by atomic mass is 9.84. The molecule has 1 aromatic carbocycles. The topological polar surface area (TPSA) is 12.5 Å². The first-order valence-electron chi connectivity index (χ1n) is 5.43. The fraction of sp³-hybridized carbons (Fsp3) is 0.500. The fourth-order valence-corrected chi connectivity index (χ4v) is 3.12. The molecule has 0 aliphatic carbocycles. The summed E-state index contributed by atoms with van der Waals surface area (Å²) >= 11 is 2.40. The van der Waals surface area contributed by atoms with Crippen molar-refractivity contribution in [1.82, 2.24) is 3.11 Å². The van der Waals surface area contributed by atoms with Gasteiger partial charge < -0.3 is 4.74 Å². The molecule has 0 amide bonds. The van der Waals surface area contributed by atoms with Gasteiger partial charge in [-0.3, -0.25) is 0 Å². The molecular formula is C12H14INO. The molecule has 2 nitrogen and oxygen atoms in total. The van der Waals surface area contributed by atoms with Gasteiger partial charge in [0.15, 0.2) is 0 Å². The lowest BCUT2D eigenvalue weighted by Gasteiger charge is -2.36. The van der Waals surface area contributed by atoms with Gasteiger partial charge in [0.1, 0.15) is 0 Å². The molecule has 80 valence electrons. The van der Waals surface area contributed by atoms with Crippen LogP contribution in [0.4, 0.5) is 0 Å². The van der Waals surface area contributed by atoms with Crippen molar-refractivity contribution >= 4 is 22.9 Å². The molecule has 2 heterocycles. The van der Waals surface area contributed by atoms with Crippen LogP contribution >= 0.6 is 22.9 Å². The van der Waals surface area contributed by atoms with Crippen molar-refractivity contribution < 1.29 is 4.74 Å². The molecule has 1 saturated heterocycles. The SMILES string of the molecule is IN1CCC2(CC1)OCc1ccccc12. The van der Waals surface area contributed by atoms with Gasteiger partial charge in [0.05, 0.1) is 12.2 Å². The summed E-state index contributed by atoms with van der Waals surface area (Å²) in [6.45, 7) is 3.07. The third-order valence-electron chi connectivity index (χ3n) is 3.53. The van der Waals surface area contributed by atoms with E-state index in [-0.39, 0.29) is 5.60 Å². The highest BCUT2D eigenvalue weighted by atomic mass is 127. The first-order chi connectivity index (χ1) is 7.30. The van der Waals surface area contributed by atoms with Crippen molar-refractivity contribution in [3.8, 4) is 0 Å². The van der Waals surface area contributed by atoms with E-state index in [0.29, 0.717) is 0 Å². The Balaban J connectivity index is 1.95. The summed E-state index contributed by atoms with van der Waals surface area (Å²) < 4.78 is 8.42. The molecule has 1 aromatic rings. The molecule has 0 radical (unpaired) electrons. The van der Waals surface area contributed by atoms with Gasteiger partial charge in [0.2, 0.25) is 0 Å². The van der Waals surface area contributed by atoms with E-state index in [1.165, 1.54) is 11.1 Å². The number of rotatable bonds is 0. The van der Waals surface area contributed by atoms with E-state index in [9.17, 15) is 0 Å². The molecule has 3 heteroatoms. The van der Waals surface area contributed by atoms with Crippen LogP contribution in [0.1, 0.15) is 24.0 Å². The van der Waals surface area contributed by atoms with Crippen LogP contribution in [0.15, 0.2) is 24.3 Å². The third kappa shape index (κ3) is 1.61. The van der Waals surface area contributed by atoms with Crippen LogP contribution in [0.5, 0.6) is 0 Å². The molecular weight excluding hydrogens is 301 g/mol. The van der Waals surface area contributed by atoms with Crippen LogP contribution in [-0.2, 0) is 16.9 Å². The predicted molar refractivity (Wildman–Crippen MR) is 67.7 cm³/mol. The Morgan fingerprint density at radius 3 is 2.73 bits per heavy atom. The minimum absolute atomic E-state index is 0.0399. The van der Waals surface area contributed by atoms with Crippen molar-refractivity contribution in [3.63, 3.8) is 0 Å². The van der Waals surface area contributed by atoms with Gasteiger partial charge >= 0.3 is 0 Å². The van der Waals surface area contributed by atoms with Crippen LogP contribution in [0.3, 0.4) is 0 Å². The second kappa shape index (κ2) is 3.71. The second-order valence-electron chi connectivity index (χ2n) is 4.35. The number of ether oxygens (including phenoxy) is 1. The van der Waals surface area contributed by atoms with Gasteiger partial charge in [-0.2, -0.15) is 0 Å². The summed E-state index contributed by atoms with van der Waals surface area (Å²) in [5.74, 6) is 0. The van der Waals surface area contributed by atoms with Gasteiger partial charge in [-0.1, -0.05) is 24.3 Å². The maximum Gasteiger partial charge on any atom is 0.0964 e. The van der Waals surface area contributed by atoms with Gasteiger partial charge in [0, 0.05) is 36.0 Å². The number of hydrogen-bond acceptors (Lipinski definition) is 2. The standard InChI is InChI=1S/C12H14INO/c13-14-7-5-12(6-8-14)11-4-2-1-3-10(11)9-15-12/h1-4H,5-9H2. The quantitative estimate of drug-likeness (QED) is 0.539. The molecule has 0 N–H and O–H groups in total. The van der Waals surface area contributed by atoms with E-state index in [2.05, 4.69) is 50.2 Å². The Morgan fingerprint density at radius 1 is 1.20 bits per heavy atom. The molecule has 0 saturated carbocycles. The largest absolute Gasteiger partial charge is 0.365 e. The van der Waals surface area contributed by atoms with Crippen LogP contribution in [0.2, 0.25) is 0 Å². The maximum absolute atomic E-state index is 6.07. The van der Waals surface area contributed by atoms with E-state index in [1.54, 1.807) is 0 Å². The highest BCUT2D eigenvalue weighted by Crippen LogP contribution is 2.44. The van der Waals surface area contributed by atoms with Crippen molar-refractivity contribution in [2.45, 2.75) is 25.0 Å². The van der Waals surface area contributed by atoms with E-state index in [1.807, 2.05) is 0 Å². The molecule has 0 atom stereocenters. The van der Waals surface area contributed by atoms with Crippen LogP contribution < -0.4 is 0 Å². The highest BCUT2D eigenvalue weighted by molar-refractivity contribution is 14.1. The zero-order valence-corrected chi connectivity index (χ0v) is 10.7. The molecule has 1 fully saturated rings. The Labute approximate surface area is 104 Å². The van der Waals surface area contributed by atoms with Crippen molar-refractivity contribution in [3.05, 3.63) is 35.4 Å². The summed E-state index contributed by atoms with van der Waals surface area (Å²) in [6, 6.07) is 8.67. The van der Waals surface area contributed by atoms with E-state index in [0.717, 1.165) is 32.5 Å². The molecule has 0 unspecified atom stereocenters. The van der Waals surface area contributed by atoms with Crippen LogP contribution in [0.25, 0.3) is 0 Å². The van der Waals surface area contributed by atoms with Crippen LogP contribution in [0, 0.1) is 0 Å². The summed E-state index contributed by atoms with van der Waals surface area (Å²) in [4.78, 5) is 0. The zero-order chi connectivity index (χ0) is 10.3. The van der Waals surface area contributed by atoms with Crippen molar-refractivity contribution in [2.24, 2.45) is 0 Å². The highest BCUT2D eigenvalue weighted by Gasteiger charge is 2.41. The molecule has 15 heavy (non-hydrogen) atoms. The smallest absolute Gasteiger partial charge is 0.0964 e. The van der Waals surface area contributed by atoms with E-state index < -0.39 is 0 Å². The Kier molecular flexibility index (Phi) is 2.49. The molecule has 0 aromatic heterocycles. The maximum atomic E-state index is 6.07. The summed E-state index contributed by atoms with van der Waals surface area (Å²) in [6.07, 6.45) is 2.26. The van der Waals surface area contributed by atoms with E-state index in [4.69, 9.17) is 4.74 Å². The van der Waals surface area contributed by atoms with Crippen molar-refractivity contribution in [2.75, 3.05) is 13.1 Å². The van der Waals surface area contributed by atoms with Gasteiger partial charge in [-0.05, 0) is 24.0 Å². The average molecular weight is 315 g/mol. The van der Waals surface area contributed by atoms with Gasteiger partial charge in [-0.15, -0.1) is 0 Å². The minimum atomic E-state index is 0.0399. The summed E-state index contributed by atoms with van der Waals surface area (Å²) in [5.41, 5.74) is 2.87. The van der Waals surface area contributed by atoms with E-state index >= 15 is 0 Å². The Bertz CT molecular complexity index is 372. The monoisotopic (exact) mass is 315 g/mol. The average Bonchev–Trinajstić information content (AvgIpc) is 2.63.